The van der Waals surface area contributed by atoms with E-state index < -0.39 is 0 Å². The normalized spacial score (nSPS) is 25.3. The van der Waals surface area contributed by atoms with E-state index in [0.29, 0.717) is 23.6 Å². The first-order valence-corrected chi connectivity index (χ1v) is 6.17. The van der Waals surface area contributed by atoms with E-state index in [-0.39, 0.29) is 0 Å². The number of rotatable bonds is 3. The fourth-order valence-electron chi connectivity index (χ4n) is 2.41. The summed E-state index contributed by atoms with van der Waals surface area (Å²) in [7, 11) is 0. The van der Waals surface area contributed by atoms with E-state index in [9.17, 15) is 0 Å². The maximum absolute atomic E-state index is 5.95. The van der Waals surface area contributed by atoms with Gasteiger partial charge in [-0.3, -0.25) is 0 Å². The number of anilines is 1. The lowest BCUT2D eigenvalue weighted by atomic mass is 9.85. The van der Waals surface area contributed by atoms with Crippen LogP contribution in [0.25, 0.3) is 0 Å². The summed E-state index contributed by atoms with van der Waals surface area (Å²) in [6, 6.07) is 3.70. The summed E-state index contributed by atoms with van der Waals surface area (Å²) < 4.78 is 5.95. The lowest BCUT2D eigenvalue weighted by Crippen LogP contribution is -2.30. The Bertz CT molecular complexity index is 323. The van der Waals surface area contributed by atoms with Crippen molar-refractivity contribution >= 4 is 5.69 Å². The average molecular weight is 220 g/mol. The molecule has 0 aromatic carbocycles. The van der Waals surface area contributed by atoms with Crippen molar-refractivity contribution in [2.75, 3.05) is 5.73 Å². The topological polar surface area (TPSA) is 48.1 Å². The van der Waals surface area contributed by atoms with Crippen molar-refractivity contribution in [3.8, 4) is 5.88 Å². The maximum atomic E-state index is 5.95. The van der Waals surface area contributed by atoms with E-state index in [4.69, 9.17) is 10.5 Å². The monoisotopic (exact) mass is 220 g/mol. The molecule has 1 aliphatic carbocycles. The molecule has 1 aromatic heterocycles. The molecule has 0 bridgehead atoms. The first kappa shape index (κ1) is 11.2. The minimum Gasteiger partial charge on any atom is -0.474 e. The average Bonchev–Trinajstić information content (AvgIpc) is 2.33. The summed E-state index contributed by atoms with van der Waals surface area (Å²) in [5.41, 5.74) is 6.28. The van der Waals surface area contributed by atoms with Crippen LogP contribution in [0.5, 0.6) is 5.88 Å². The summed E-state index contributed by atoms with van der Waals surface area (Å²) in [6.45, 7) is 2.24. The van der Waals surface area contributed by atoms with Gasteiger partial charge in [0.15, 0.2) is 0 Å². The number of hydrogen-bond acceptors (Lipinski definition) is 3. The molecule has 2 atom stereocenters. The first-order chi connectivity index (χ1) is 7.79. The number of hydrogen-bond donors (Lipinski definition) is 1. The number of ether oxygens (including phenoxy) is 1. The zero-order chi connectivity index (χ0) is 11.4. The second-order valence-corrected chi connectivity index (χ2v) is 4.54. The fraction of sp³-hybridized carbons (Fsp3) is 0.615. The molecule has 88 valence electrons. The highest BCUT2D eigenvalue weighted by Crippen LogP contribution is 2.29. The van der Waals surface area contributed by atoms with Gasteiger partial charge in [-0.2, -0.15) is 0 Å². The second-order valence-electron chi connectivity index (χ2n) is 4.54. The van der Waals surface area contributed by atoms with Crippen LogP contribution in [0.1, 0.15) is 39.0 Å². The molecule has 1 saturated carbocycles. The van der Waals surface area contributed by atoms with Crippen LogP contribution in [0.2, 0.25) is 0 Å². The summed E-state index contributed by atoms with van der Waals surface area (Å²) in [4.78, 5) is 4.19. The van der Waals surface area contributed by atoms with Crippen molar-refractivity contribution < 1.29 is 4.74 Å². The standard InChI is InChI=1S/C13H20N2O/c1-2-10-5-3-4-6-12(10)16-13-8-7-11(14)9-15-13/h7-10,12H,2-6,14H2,1H3. The van der Waals surface area contributed by atoms with Gasteiger partial charge < -0.3 is 10.5 Å². The fourth-order valence-corrected chi connectivity index (χ4v) is 2.41. The van der Waals surface area contributed by atoms with Crippen molar-refractivity contribution in [1.82, 2.24) is 4.98 Å². The molecule has 16 heavy (non-hydrogen) atoms. The van der Waals surface area contributed by atoms with Crippen LogP contribution >= 0.6 is 0 Å². The third-order valence-electron chi connectivity index (χ3n) is 3.40. The Labute approximate surface area is 97.0 Å². The lowest BCUT2D eigenvalue weighted by Gasteiger charge is -2.30. The van der Waals surface area contributed by atoms with Crippen molar-refractivity contribution in [3.63, 3.8) is 0 Å². The number of nitrogens with zero attached hydrogens (tertiary/aromatic N) is 1. The van der Waals surface area contributed by atoms with Gasteiger partial charge in [0.2, 0.25) is 5.88 Å². The van der Waals surface area contributed by atoms with E-state index in [0.717, 1.165) is 6.42 Å². The predicted molar refractivity (Wildman–Crippen MR) is 65.3 cm³/mol. The molecule has 1 heterocycles. The molecule has 1 aromatic rings. The Morgan fingerprint density at radius 1 is 1.38 bits per heavy atom. The molecule has 0 amide bonds. The van der Waals surface area contributed by atoms with Crippen LogP contribution in [0.4, 0.5) is 5.69 Å². The van der Waals surface area contributed by atoms with Gasteiger partial charge in [-0.05, 0) is 37.7 Å². The Morgan fingerprint density at radius 3 is 2.88 bits per heavy atom. The minimum atomic E-state index is 0.342. The van der Waals surface area contributed by atoms with E-state index >= 15 is 0 Å². The second kappa shape index (κ2) is 5.19. The Kier molecular flexibility index (Phi) is 3.65. The molecular formula is C13H20N2O. The molecule has 1 aliphatic rings. The van der Waals surface area contributed by atoms with Gasteiger partial charge in [0.1, 0.15) is 6.10 Å². The number of aromatic nitrogens is 1. The van der Waals surface area contributed by atoms with E-state index in [1.54, 1.807) is 6.20 Å². The maximum Gasteiger partial charge on any atom is 0.213 e. The number of pyridine rings is 1. The zero-order valence-corrected chi connectivity index (χ0v) is 9.86. The van der Waals surface area contributed by atoms with Gasteiger partial charge in [-0.1, -0.05) is 13.3 Å². The highest BCUT2D eigenvalue weighted by molar-refractivity contribution is 5.36. The molecular weight excluding hydrogens is 200 g/mol. The van der Waals surface area contributed by atoms with Crippen LogP contribution in [0.3, 0.4) is 0 Å². The third kappa shape index (κ3) is 2.65. The Balaban J connectivity index is 1.99. The molecule has 0 radical (unpaired) electrons. The summed E-state index contributed by atoms with van der Waals surface area (Å²) in [5.74, 6) is 1.40. The molecule has 3 heteroatoms. The quantitative estimate of drug-likeness (QED) is 0.851. The van der Waals surface area contributed by atoms with Crippen LogP contribution < -0.4 is 10.5 Å². The van der Waals surface area contributed by atoms with Gasteiger partial charge in [0, 0.05) is 6.07 Å². The van der Waals surface area contributed by atoms with Crippen molar-refractivity contribution in [1.29, 1.82) is 0 Å². The predicted octanol–water partition coefficient (Wildman–Crippen LogP) is 3.01. The molecule has 2 rings (SSSR count). The largest absolute Gasteiger partial charge is 0.474 e. The Hall–Kier alpha value is -1.25. The number of nitrogens with two attached hydrogens (primary N) is 1. The molecule has 0 saturated heterocycles. The van der Waals surface area contributed by atoms with Crippen LogP contribution in [0.15, 0.2) is 18.3 Å². The van der Waals surface area contributed by atoms with Gasteiger partial charge in [0.05, 0.1) is 11.9 Å². The van der Waals surface area contributed by atoms with Crippen molar-refractivity contribution in [3.05, 3.63) is 18.3 Å². The van der Waals surface area contributed by atoms with Gasteiger partial charge in [0.25, 0.3) is 0 Å². The van der Waals surface area contributed by atoms with Crippen LogP contribution in [-0.2, 0) is 0 Å². The van der Waals surface area contributed by atoms with Gasteiger partial charge >= 0.3 is 0 Å². The van der Waals surface area contributed by atoms with Crippen LogP contribution in [0, 0.1) is 5.92 Å². The Morgan fingerprint density at radius 2 is 2.19 bits per heavy atom. The first-order valence-electron chi connectivity index (χ1n) is 6.17. The van der Waals surface area contributed by atoms with Gasteiger partial charge in [-0.25, -0.2) is 4.98 Å². The summed E-state index contributed by atoms with van der Waals surface area (Å²) in [6.07, 6.45) is 8.25. The molecule has 1 fully saturated rings. The van der Waals surface area contributed by atoms with E-state index in [2.05, 4.69) is 11.9 Å². The molecule has 0 spiro atoms. The molecule has 0 aliphatic heterocycles. The van der Waals surface area contributed by atoms with Gasteiger partial charge in [-0.15, -0.1) is 0 Å². The number of nitrogen functional groups attached to an aromatic ring is 1. The molecule has 3 nitrogen and oxygen atoms in total. The third-order valence-corrected chi connectivity index (χ3v) is 3.40. The highest BCUT2D eigenvalue weighted by Gasteiger charge is 2.25. The summed E-state index contributed by atoms with van der Waals surface area (Å²) >= 11 is 0. The lowest BCUT2D eigenvalue weighted by molar-refractivity contribution is 0.0859. The van der Waals surface area contributed by atoms with Crippen molar-refractivity contribution in [2.24, 2.45) is 5.92 Å². The molecule has 2 unspecified atom stereocenters. The summed E-state index contributed by atoms with van der Waals surface area (Å²) in [5, 5.41) is 0. The van der Waals surface area contributed by atoms with E-state index in [1.807, 2.05) is 12.1 Å². The van der Waals surface area contributed by atoms with Crippen LogP contribution in [-0.4, -0.2) is 11.1 Å². The SMILES string of the molecule is CCC1CCCCC1Oc1ccc(N)cn1. The zero-order valence-electron chi connectivity index (χ0n) is 9.86. The minimum absolute atomic E-state index is 0.342. The van der Waals surface area contributed by atoms with E-state index in [1.165, 1.54) is 25.7 Å². The molecule has 2 N–H and O–H groups in total. The van der Waals surface area contributed by atoms with Crippen molar-refractivity contribution in [2.45, 2.75) is 45.1 Å². The smallest absolute Gasteiger partial charge is 0.213 e. The highest BCUT2D eigenvalue weighted by atomic mass is 16.5.